The lowest BCUT2D eigenvalue weighted by Gasteiger charge is -2.17. The van der Waals surface area contributed by atoms with Gasteiger partial charge in [-0.1, -0.05) is 37.2 Å². The monoisotopic (exact) mass is 403 g/mol. The van der Waals surface area contributed by atoms with Crippen molar-refractivity contribution in [3.63, 3.8) is 0 Å². The van der Waals surface area contributed by atoms with Crippen molar-refractivity contribution in [2.75, 3.05) is 12.0 Å². The second-order valence-electron chi connectivity index (χ2n) is 6.33. The summed E-state index contributed by atoms with van der Waals surface area (Å²) in [5.74, 6) is -0.702. The molecule has 1 saturated heterocycles. The number of thioether (sulfide) groups is 1. The number of aromatic nitrogens is 2. The van der Waals surface area contributed by atoms with Gasteiger partial charge in [0, 0.05) is 6.42 Å². The van der Waals surface area contributed by atoms with Crippen molar-refractivity contribution >= 4 is 29.3 Å². The highest BCUT2D eigenvalue weighted by molar-refractivity contribution is 8.00. The van der Waals surface area contributed by atoms with Gasteiger partial charge in [0.1, 0.15) is 11.0 Å². The lowest BCUT2D eigenvalue weighted by molar-refractivity contribution is -0.121. The molecule has 9 heteroatoms. The Balaban J connectivity index is 1.82. The third kappa shape index (κ3) is 3.89. The summed E-state index contributed by atoms with van der Waals surface area (Å²) < 4.78 is 5.24. The number of benzene rings is 1. The van der Waals surface area contributed by atoms with Crippen LogP contribution >= 0.6 is 11.8 Å². The molecule has 0 aliphatic carbocycles. The summed E-state index contributed by atoms with van der Waals surface area (Å²) in [4.78, 5) is 45.2. The maximum atomic E-state index is 12.8. The van der Waals surface area contributed by atoms with Gasteiger partial charge in [0.15, 0.2) is 5.16 Å². The minimum absolute atomic E-state index is 0.0381. The van der Waals surface area contributed by atoms with E-state index in [-0.39, 0.29) is 28.9 Å². The molecule has 2 amide bonds. The number of hydrogen-bond acceptors (Lipinski definition) is 7. The largest absolute Gasteiger partial charge is 0.495 e. The van der Waals surface area contributed by atoms with Crippen LogP contribution in [0.5, 0.6) is 11.6 Å². The number of aromatic amines is 1. The molecule has 2 N–H and O–H groups in total. The fraction of sp³-hybridized carbons (Fsp3) is 0.368. The lowest BCUT2D eigenvalue weighted by atomic mass is 10.1. The second-order valence-corrected chi connectivity index (χ2v) is 7.52. The lowest BCUT2D eigenvalue weighted by Crippen LogP contribution is -2.31. The number of hydrogen-bond donors (Lipinski definition) is 2. The van der Waals surface area contributed by atoms with Gasteiger partial charge in [-0.2, -0.15) is 4.98 Å². The zero-order valence-corrected chi connectivity index (χ0v) is 16.4. The SMILES string of the molecule is CCCCc1c(O)nc(SC2CC(=O)N(c3ccccc3OC)C2=O)[nH]c1=O. The van der Waals surface area contributed by atoms with E-state index in [4.69, 9.17) is 4.74 Å². The maximum Gasteiger partial charge on any atom is 0.258 e. The Kier molecular flexibility index (Phi) is 6.03. The number of amides is 2. The van der Waals surface area contributed by atoms with Crippen LogP contribution in [0.1, 0.15) is 31.7 Å². The van der Waals surface area contributed by atoms with Crippen molar-refractivity contribution in [1.29, 1.82) is 0 Å². The number of imide groups is 1. The summed E-state index contributed by atoms with van der Waals surface area (Å²) >= 11 is 0.956. The van der Waals surface area contributed by atoms with E-state index in [9.17, 15) is 19.5 Å². The molecular formula is C19H21N3O5S. The molecule has 0 bridgehead atoms. The van der Waals surface area contributed by atoms with Gasteiger partial charge in [0.05, 0.1) is 18.4 Å². The van der Waals surface area contributed by atoms with Crippen molar-refractivity contribution in [2.45, 2.75) is 43.0 Å². The Morgan fingerprint density at radius 1 is 1.32 bits per heavy atom. The molecular weight excluding hydrogens is 382 g/mol. The summed E-state index contributed by atoms with van der Waals surface area (Å²) in [5, 5.41) is 9.42. The minimum Gasteiger partial charge on any atom is -0.495 e. The van der Waals surface area contributed by atoms with Gasteiger partial charge in [-0.05, 0) is 25.0 Å². The summed E-state index contributed by atoms with van der Waals surface area (Å²) in [5.41, 5.74) is 0.180. The van der Waals surface area contributed by atoms with E-state index in [2.05, 4.69) is 9.97 Å². The molecule has 148 valence electrons. The van der Waals surface area contributed by atoms with Crippen LogP contribution in [-0.4, -0.2) is 39.2 Å². The molecule has 1 aromatic heterocycles. The van der Waals surface area contributed by atoms with Gasteiger partial charge in [0.25, 0.3) is 5.56 Å². The average molecular weight is 403 g/mol. The van der Waals surface area contributed by atoms with E-state index in [1.54, 1.807) is 24.3 Å². The number of carbonyl (C=O) groups excluding carboxylic acids is 2. The second kappa shape index (κ2) is 8.47. The molecule has 0 spiro atoms. The van der Waals surface area contributed by atoms with Gasteiger partial charge in [-0.3, -0.25) is 14.4 Å². The Hall–Kier alpha value is -2.81. The molecule has 2 heterocycles. The number of anilines is 1. The Morgan fingerprint density at radius 3 is 2.75 bits per heavy atom. The zero-order chi connectivity index (χ0) is 20.3. The first-order chi connectivity index (χ1) is 13.5. The third-order valence-electron chi connectivity index (χ3n) is 4.44. The van der Waals surface area contributed by atoms with E-state index in [0.29, 0.717) is 17.9 Å². The summed E-state index contributed by atoms with van der Waals surface area (Å²) in [7, 11) is 1.47. The average Bonchev–Trinajstić information content (AvgIpc) is 2.94. The number of aromatic hydroxyl groups is 1. The Morgan fingerprint density at radius 2 is 2.07 bits per heavy atom. The highest BCUT2D eigenvalue weighted by atomic mass is 32.2. The first kappa shape index (κ1) is 19.9. The van der Waals surface area contributed by atoms with Gasteiger partial charge in [-0.15, -0.1) is 0 Å². The quantitative estimate of drug-likeness (QED) is 0.538. The van der Waals surface area contributed by atoms with Crippen LogP contribution in [0.15, 0.2) is 34.2 Å². The molecule has 0 saturated carbocycles. The van der Waals surface area contributed by atoms with Crippen LogP contribution in [0.4, 0.5) is 5.69 Å². The molecule has 1 aromatic carbocycles. The van der Waals surface area contributed by atoms with E-state index >= 15 is 0 Å². The number of methoxy groups -OCH3 is 1. The van der Waals surface area contributed by atoms with E-state index in [0.717, 1.165) is 29.5 Å². The first-order valence-corrected chi connectivity index (χ1v) is 9.82. The molecule has 0 radical (unpaired) electrons. The van der Waals surface area contributed by atoms with Crippen LogP contribution in [0.25, 0.3) is 0 Å². The van der Waals surface area contributed by atoms with Crippen molar-refractivity contribution in [2.24, 2.45) is 0 Å². The number of unbranched alkanes of at least 4 members (excludes halogenated alkanes) is 1. The molecule has 8 nitrogen and oxygen atoms in total. The third-order valence-corrected chi connectivity index (χ3v) is 5.51. The van der Waals surface area contributed by atoms with Crippen LogP contribution in [-0.2, 0) is 16.0 Å². The number of nitrogens with zero attached hydrogens (tertiary/aromatic N) is 2. The fourth-order valence-electron chi connectivity index (χ4n) is 3.00. The van der Waals surface area contributed by atoms with Crippen LogP contribution < -0.4 is 15.2 Å². The topological polar surface area (TPSA) is 113 Å². The summed E-state index contributed by atoms with van der Waals surface area (Å²) in [6, 6.07) is 6.76. The number of ether oxygens (including phenoxy) is 1. The van der Waals surface area contributed by atoms with Gasteiger partial charge >= 0.3 is 0 Å². The van der Waals surface area contributed by atoms with Gasteiger partial charge in [0.2, 0.25) is 17.7 Å². The highest BCUT2D eigenvalue weighted by Crippen LogP contribution is 2.36. The van der Waals surface area contributed by atoms with E-state index in [1.165, 1.54) is 7.11 Å². The number of carbonyl (C=O) groups is 2. The number of H-pyrrole nitrogens is 1. The molecule has 1 atom stereocenters. The molecule has 1 unspecified atom stereocenters. The molecule has 1 aliphatic rings. The van der Waals surface area contributed by atoms with Gasteiger partial charge < -0.3 is 14.8 Å². The minimum atomic E-state index is -0.749. The van der Waals surface area contributed by atoms with Crippen molar-refractivity contribution in [1.82, 2.24) is 9.97 Å². The Bertz CT molecular complexity index is 959. The number of rotatable bonds is 7. The molecule has 1 fully saturated rings. The Labute approximate surface area is 165 Å². The predicted octanol–water partition coefficient (Wildman–Crippen LogP) is 2.25. The van der Waals surface area contributed by atoms with Crippen LogP contribution in [0.3, 0.4) is 0 Å². The standard InChI is InChI=1S/C19H21N3O5S/c1-3-4-7-11-16(24)20-19(21-17(11)25)28-14-10-15(23)22(18(14)26)12-8-5-6-9-13(12)27-2/h5-6,8-9,14H,3-4,7,10H2,1-2H3,(H2,20,21,24,25). The fourth-order valence-corrected chi connectivity index (χ4v) is 3.99. The zero-order valence-electron chi connectivity index (χ0n) is 15.6. The van der Waals surface area contributed by atoms with Crippen molar-refractivity contribution in [3.8, 4) is 11.6 Å². The van der Waals surface area contributed by atoms with Crippen LogP contribution in [0, 0.1) is 0 Å². The molecule has 28 heavy (non-hydrogen) atoms. The van der Waals surface area contributed by atoms with Gasteiger partial charge in [-0.25, -0.2) is 4.90 Å². The normalized spacial score (nSPS) is 16.6. The first-order valence-electron chi connectivity index (χ1n) is 8.94. The van der Waals surface area contributed by atoms with E-state index < -0.39 is 16.7 Å². The summed E-state index contributed by atoms with van der Waals surface area (Å²) in [6.07, 6.45) is 2.03. The van der Waals surface area contributed by atoms with Crippen molar-refractivity contribution < 1.29 is 19.4 Å². The number of para-hydroxylation sites is 2. The predicted molar refractivity (Wildman–Crippen MR) is 105 cm³/mol. The van der Waals surface area contributed by atoms with Crippen molar-refractivity contribution in [3.05, 3.63) is 40.2 Å². The molecule has 1 aliphatic heterocycles. The van der Waals surface area contributed by atoms with Crippen LogP contribution in [0.2, 0.25) is 0 Å². The van der Waals surface area contributed by atoms with E-state index in [1.807, 2.05) is 6.92 Å². The summed E-state index contributed by atoms with van der Waals surface area (Å²) in [6.45, 7) is 1.99. The molecule has 3 rings (SSSR count). The number of nitrogens with one attached hydrogen (secondary N) is 1. The highest BCUT2D eigenvalue weighted by Gasteiger charge is 2.41. The molecule has 2 aromatic rings. The smallest absolute Gasteiger partial charge is 0.258 e. The maximum absolute atomic E-state index is 12.8.